The first-order valence-corrected chi connectivity index (χ1v) is 7.82. The number of benzene rings is 2. The van der Waals surface area contributed by atoms with Crippen molar-refractivity contribution in [1.82, 2.24) is 5.43 Å². The number of carbonyl (C=O) groups excluding carboxylic acids is 2. The molecule has 0 saturated carbocycles. The molecule has 0 aromatic heterocycles. The molecule has 0 saturated heterocycles. The fourth-order valence-corrected chi connectivity index (χ4v) is 2.03. The van der Waals surface area contributed by atoms with E-state index in [4.69, 9.17) is 0 Å². The van der Waals surface area contributed by atoms with E-state index in [0.717, 1.165) is 24.3 Å². The van der Waals surface area contributed by atoms with Gasteiger partial charge in [-0.25, -0.2) is 5.43 Å². The molecule has 3 N–H and O–H groups in total. The van der Waals surface area contributed by atoms with Gasteiger partial charge in [0, 0.05) is 18.5 Å². The third kappa shape index (κ3) is 6.81. The molecule has 0 atom stereocenters. The van der Waals surface area contributed by atoms with Crippen molar-refractivity contribution in [1.29, 1.82) is 0 Å². The Balaban J connectivity index is 1.75. The van der Waals surface area contributed by atoms with E-state index in [1.54, 1.807) is 12.1 Å². The predicted molar refractivity (Wildman–Crippen MR) is 93.2 cm³/mol. The fourth-order valence-electron chi connectivity index (χ4n) is 2.03. The van der Waals surface area contributed by atoms with Crippen LogP contribution in [0.2, 0.25) is 0 Å². The predicted octanol–water partition coefficient (Wildman–Crippen LogP) is 3.28. The Labute approximate surface area is 152 Å². The average molecular weight is 379 g/mol. The normalized spacial score (nSPS) is 11.4. The van der Waals surface area contributed by atoms with Gasteiger partial charge in [-0.2, -0.15) is 18.3 Å². The summed E-state index contributed by atoms with van der Waals surface area (Å²) in [6.07, 6.45) is -3.42. The molecule has 6 nitrogen and oxygen atoms in total. The van der Waals surface area contributed by atoms with Crippen molar-refractivity contribution in [3.8, 4) is 5.75 Å². The number of halogens is 3. The number of nitrogens with zero attached hydrogens (tertiary/aromatic N) is 1. The highest BCUT2D eigenvalue weighted by Gasteiger charge is 2.29. The van der Waals surface area contributed by atoms with Crippen LogP contribution in [0.4, 0.5) is 18.9 Å². The molecule has 0 fully saturated rings. The molecule has 2 aromatic carbocycles. The molecule has 2 rings (SSSR count). The Kier molecular flexibility index (Phi) is 6.53. The molecule has 142 valence electrons. The van der Waals surface area contributed by atoms with Crippen LogP contribution in [0.25, 0.3) is 0 Å². The smallest absolute Gasteiger partial charge is 0.416 e. The number of alkyl halides is 3. The van der Waals surface area contributed by atoms with Gasteiger partial charge in [-0.1, -0.05) is 12.1 Å². The second-order valence-corrected chi connectivity index (χ2v) is 5.51. The Bertz CT molecular complexity index is 834. The lowest BCUT2D eigenvalue weighted by atomic mass is 10.2. The first kappa shape index (κ1) is 20.0. The van der Waals surface area contributed by atoms with Gasteiger partial charge in [-0.15, -0.1) is 0 Å². The molecule has 0 heterocycles. The van der Waals surface area contributed by atoms with Crippen LogP contribution in [0, 0.1) is 0 Å². The number of nitrogens with one attached hydrogen (secondary N) is 2. The van der Waals surface area contributed by atoms with E-state index in [1.807, 2.05) is 0 Å². The van der Waals surface area contributed by atoms with Crippen molar-refractivity contribution in [3.63, 3.8) is 0 Å². The zero-order chi connectivity index (χ0) is 19.9. The van der Waals surface area contributed by atoms with Crippen molar-refractivity contribution < 1.29 is 27.9 Å². The maximum Gasteiger partial charge on any atom is 0.416 e. The number of anilines is 1. The van der Waals surface area contributed by atoms with Gasteiger partial charge in [-0.3, -0.25) is 9.59 Å². The number of hydrazone groups is 1. The van der Waals surface area contributed by atoms with Gasteiger partial charge >= 0.3 is 6.18 Å². The standard InChI is InChI=1S/C18H16F3N3O3/c19-18(20,21)13-4-6-14(7-5-13)23-16(26)8-9-17(27)24-22-11-12-2-1-3-15(25)10-12/h1-7,10-11,25H,8-9H2,(H,23,26)(H,24,27)/b22-11+. The summed E-state index contributed by atoms with van der Waals surface area (Å²) in [4.78, 5) is 23.4. The van der Waals surface area contributed by atoms with E-state index < -0.39 is 23.6 Å². The van der Waals surface area contributed by atoms with E-state index >= 15 is 0 Å². The summed E-state index contributed by atoms with van der Waals surface area (Å²) in [5, 5.41) is 15.4. The molecule has 0 unspecified atom stereocenters. The quantitative estimate of drug-likeness (QED) is 0.531. The van der Waals surface area contributed by atoms with Crippen molar-refractivity contribution in [2.24, 2.45) is 5.10 Å². The average Bonchev–Trinajstić information content (AvgIpc) is 2.60. The topological polar surface area (TPSA) is 90.8 Å². The molecule has 9 heteroatoms. The molecule has 0 bridgehead atoms. The SMILES string of the molecule is O=C(CCC(=O)Nc1ccc(C(F)(F)F)cc1)N/N=C/c1cccc(O)c1. The molecular weight excluding hydrogens is 363 g/mol. The Hall–Kier alpha value is -3.36. The molecular formula is C18H16F3N3O3. The number of phenolic OH excluding ortho intramolecular Hbond substituents is 1. The Morgan fingerprint density at radius 2 is 1.70 bits per heavy atom. The van der Waals surface area contributed by atoms with Gasteiger partial charge in [0.1, 0.15) is 5.75 Å². The minimum atomic E-state index is -4.44. The van der Waals surface area contributed by atoms with E-state index in [1.165, 1.54) is 18.3 Å². The Morgan fingerprint density at radius 1 is 1.04 bits per heavy atom. The highest BCUT2D eigenvalue weighted by atomic mass is 19.4. The lowest BCUT2D eigenvalue weighted by molar-refractivity contribution is -0.137. The lowest BCUT2D eigenvalue weighted by Gasteiger charge is -2.08. The van der Waals surface area contributed by atoms with E-state index in [-0.39, 0.29) is 24.3 Å². The highest BCUT2D eigenvalue weighted by molar-refractivity contribution is 5.93. The number of amides is 2. The van der Waals surface area contributed by atoms with Crippen LogP contribution in [-0.2, 0) is 15.8 Å². The van der Waals surface area contributed by atoms with Gasteiger partial charge in [-0.05, 0) is 42.0 Å². The minimum Gasteiger partial charge on any atom is -0.508 e. The number of hydrogen-bond donors (Lipinski definition) is 3. The fraction of sp³-hybridized carbons (Fsp3) is 0.167. The number of aromatic hydroxyl groups is 1. The van der Waals surface area contributed by atoms with Crippen LogP contribution < -0.4 is 10.7 Å². The number of phenols is 1. The third-order valence-corrected chi connectivity index (χ3v) is 3.35. The van der Waals surface area contributed by atoms with Crippen LogP contribution >= 0.6 is 0 Å². The first-order chi connectivity index (χ1) is 12.7. The summed E-state index contributed by atoms with van der Waals surface area (Å²) in [7, 11) is 0. The molecule has 0 aliphatic heterocycles. The van der Waals surface area contributed by atoms with Gasteiger partial charge < -0.3 is 10.4 Å². The van der Waals surface area contributed by atoms with E-state index in [9.17, 15) is 27.9 Å². The summed E-state index contributed by atoms with van der Waals surface area (Å²) < 4.78 is 37.4. The molecule has 2 amide bonds. The molecule has 0 aliphatic carbocycles. The van der Waals surface area contributed by atoms with Crippen molar-refractivity contribution in [3.05, 3.63) is 59.7 Å². The van der Waals surface area contributed by atoms with Gasteiger partial charge in [0.15, 0.2) is 0 Å². The molecule has 2 aromatic rings. The number of rotatable bonds is 6. The first-order valence-electron chi connectivity index (χ1n) is 7.82. The monoisotopic (exact) mass is 379 g/mol. The van der Waals surface area contributed by atoms with Crippen LogP contribution in [0.3, 0.4) is 0 Å². The molecule has 27 heavy (non-hydrogen) atoms. The second-order valence-electron chi connectivity index (χ2n) is 5.51. The zero-order valence-electron chi connectivity index (χ0n) is 14.0. The summed E-state index contributed by atoms with van der Waals surface area (Å²) in [6.45, 7) is 0. The number of hydrogen-bond acceptors (Lipinski definition) is 4. The second kappa shape index (κ2) is 8.84. The summed E-state index contributed by atoms with van der Waals surface area (Å²) in [5.74, 6) is -0.957. The van der Waals surface area contributed by atoms with Gasteiger partial charge in [0.2, 0.25) is 11.8 Å². The summed E-state index contributed by atoms with van der Waals surface area (Å²) >= 11 is 0. The largest absolute Gasteiger partial charge is 0.508 e. The molecule has 0 aliphatic rings. The maximum absolute atomic E-state index is 12.5. The van der Waals surface area contributed by atoms with Crippen molar-refractivity contribution >= 4 is 23.7 Å². The van der Waals surface area contributed by atoms with E-state index in [2.05, 4.69) is 15.8 Å². The number of carbonyl (C=O) groups is 2. The maximum atomic E-state index is 12.5. The highest BCUT2D eigenvalue weighted by Crippen LogP contribution is 2.29. The van der Waals surface area contributed by atoms with Crippen LogP contribution in [0.15, 0.2) is 53.6 Å². The van der Waals surface area contributed by atoms with Crippen LogP contribution in [0.1, 0.15) is 24.0 Å². The van der Waals surface area contributed by atoms with Crippen molar-refractivity contribution in [2.45, 2.75) is 19.0 Å². The summed E-state index contributed by atoms with van der Waals surface area (Å²) in [5.41, 5.74) is 2.21. The van der Waals surface area contributed by atoms with Crippen LogP contribution in [-0.4, -0.2) is 23.1 Å². The zero-order valence-corrected chi connectivity index (χ0v) is 14.0. The molecule has 0 spiro atoms. The third-order valence-electron chi connectivity index (χ3n) is 3.35. The lowest BCUT2D eigenvalue weighted by Crippen LogP contribution is -2.20. The van der Waals surface area contributed by atoms with Crippen molar-refractivity contribution in [2.75, 3.05) is 5.32 Å². The van der Waals surface area contributed by atoms with Gasteiger partial charge in [0.25, 0.3) is 0 Å². The molecule has 0 radical (unpaired) electrons. The summed E-state index contributed by atoms with van der Waals surface area (Å²) in [6, 6.07) is 10.2. The van der Waals surface area contributed by atoms with E-state index in [0.29, 0.717) is 5.56 Å². The van der Waals surface area contributed by atoms with Crippen LogP contribution in [0.5, 0.6) is 5.75 Å². The Morgan fingerprint density at radius 3 is 2.33 bits per heavy atom. The minimum absolute atomic E-state index is 0.0604. The van der Waals surface area contributed by atoms with Gasteiger partial charge in [0.05, 0.1) is 11.8 Å².